The molecule has 0 saturated carbocycles. The molecule has 0 spiro atoms. The van der Waals surface area contributed by atoms with Gasteiger partial charge in [0.15, 0.2) is 17.4 Å². The zero-order valence-corrected chi connectivity index (χ0v) is 10.3. The summed E-state index contributed by atoms with van der Waals surface area (Å²) >= 11 is 0. The molecule has 18 heavy (non-hydrogen) atoms. The maximum Gasteiger partial charge on any atom is 0.306 e. The first-order valence-corrected chi connectivity index (χ1v) is 6.81. The minimum absolute atomic E-state index is 0.448. The summed E-state index contributed by atoms with van der Waals surface area (Å²) in [5.41, 5.74) is 0. The summed E-state index contributed by atoms with van der Waals surface area (Å²) in [4.78, 5) is 9.44. The van der Waals surface area contributed by atoms with Gasteiger partial charge in [0, 0.05) is 10.7 Å². The van der Waals surface area contributed by atoms with E-state index in [2.05, 4.69) is 4.74 Å². The lowest BCUT2D eigenvalue weighted by Gasteiger charge is -2.08. The summed E-state index contributed by atoms with van der Waals surface area (Å²) in [6.45, 7) is -0.448. The first-order chi connectivity index (χ1) is 8.21. The van der Waals surface area contributed by atoms with Crippen LogP contribution in [-0.4, -0.2) is 26.1 Å². The van der Waals surface area contributed by atoms with Gasteiger partial charge in [0.1, 0.15) is 0 Å². The molecule has 0 aliphatic rings. The fraction of sp³-hybridized carbons (Fsp3) is 0.222. The van der Waals surface area contributed by atoms with E-state index in [1.165, 1.54) is 0 Å². The summed E-state index contributed by atoms with van der Waals surface area (Å²) in [5, 5.41) is 8.32. The van der Waals surface area contributed by atoms with Gasteiger partial charge < -0.3 is 9.84 Å². The van der Waals surface area contributed by atoms with Crippen molar-refractivity contribution in [1.29, 1.82) is 0 Å². The molecule has 0 fully saturated rings. The molecule has 0 amide bonds. The van der Waals surface area contributed by atoms with Crippen LogP contribution in [0.5, 0.6) is 5.75 Å². The molecule has 1 rings (SSSR count). The van der Waals surface area contributed by atoms with Crippen molar-refractivity contribution in [3.8, 4) is 5.75 Å². The van der Waals surface area contributed by atoms with E-state index in [-0.39, 0.29) is 0 Å². The van der Waals surface area contributed by atoms with Crippen LogP contribution in [0, 0.1) is 11.6 Å². The number of rotatable bonds is 5. The number of hydrogen-bond acceptors (Lipinski definition) is 4. The quantitative estimate of drug-likeness (QED) is 0.838. The Hall–Kier alpha value is -1.41. The molecule has 0 unspecified atom stereocenters. The largest absolute Gasteiger partial charge is 0.487 e. The van der Waals surface area contributed by atoms with Crippen LogP contribution in [0.15, 0.2) is 17.0 Å². The average molecular weight is 301 g/mol. The summed E-state index contributed by atoms with van der Waals surface area (Å²) in [6, 6.07) is 0.975. The Labute approximate surface area is 105 Å². The van der Waals surface area contributed by atoms with Crippen molar-refractivity contribution in [2.24, 2.45) is 0 Å². The van der Waals surface area contributed by atoms with Crippen molar-refractivity contribution < 1.29 is 31.8 Å². The van der Waals surface area contributed by atoms with Gasteiger partial charge in [-0.1, -0.05) is 0 Å². The highest BCUT2D eigenvalue weighted by atomic mass is 35.7. The topological polar surface area (TPSA) is 80.7 Å². The number of benzene rings is 1. The summed E-state index contributed by atoms with van der Waals surface area (Å²) in [6.07, 6.45) is -0.450. The second-order valence-electron chi connectivity index (χ2n) is 3.15. The molecule has 0 aliphatic heterocycles. The van der Waals surface area contributed by atoms with Gasteiger partial charge in [-0.25, -0.2) is 17.2 Å². The zero-order valence-electron chi connectivity index (χ0n) is 8.69. The Bertz CT molecular complexity index is 549. The van der Waals surface area contributed by atoms with E-state index in [0.29, 0.717) is 12.1 Å². The number of halogens is 3. The van der Waals surface area contributed by atoms with E-state index in [4.69, 9.17) is 15.8 Å². The van der Waals surface area contributed by atoms with Crippen LogP contribution in [0.4, 0.5) is 8.78 Å². The van der Waals surface area contributed by atoms with E-state index < -0.39 is 50.3 Å². The number of ether oxygens (including phenoxy) is 1. The lowest BCUT2D eigenvalue weighted by Crippen LogP contribution is -2.07. The summed E-state index contributed by atoms with van der Waals surface area (Å²) in [5.74, 6) is -4.60. The van der Waals surface area contributed by atoms with Crippen molar-refractivity contribution >= 4 is 25.7 Å². The summed E-state index contributed by atoms with van der Waals surface area (Å²) in [7, 11) is 0.665. The Balaban J connectivity index is 2.99. The van der Waals surface area contributed by atoms with E-state index in [1.807, 2.05) is 0 Å². The Kier molecular flexibility index (Phi) is 4.47. The monoisotopic (exact) mass is 300 g/mol. The zero-order chi connectivity index (χ0) is 13.9. The van der Waals surface area contributed by atoms with Crippen LogP contribution in [0.25, 0.3) is 0 Å². The number of carboxylic acids is 1. The van der Waals surface area contributed by atoms with Gasteiger partial charge in [-0.05, 0) is 12.1 Å². The lowest BCUT2D eigenvalue weighted by molar-refractivity contribution is -0.137. The molecular weight excluding hydrogens is 294 g/mol. The van der Waals surface area contributed by atoms with Crippen molar-refractivity contribution in [1.82, 2.24) is 0 Å². The number of aliphatic carboxylic acids is 1. The second kappa shape index (κ2) is 5.49. The van der Waals surface area contributed by atoms with Crippen LogP contribution in [-0.2, 0) is 13.8 Å². The maximum atomic E-state index is 13.3. The van der Waals surface area contributed by atoms with Crippen LogP contribution < -0.4 is 4.74 Å². The average Bonchev–Trinajstić information content (AvgIpc) is 2.20. The van der Waals surface area contributed by atoms with E-state index in [1.54, 1.807) is 0 Å². The van der Waals surface area contributed by atoms with Crippen molar-refractivity contribution in [3.63, 3.8) is 0 Å². The van der Waals surface area contributed by atoms with Gasteiger partial charge in [-0.15, -0.1) is 0 Å². The Morgan fingerprint density at radius 3 is 2.22 bits per heavy atom. The second-order valence-corrected chi connectivity index (χ2v) is 5.71. The highest BCUT2D eigenvalue weighted by Crippen LogP contribution is 2.27. The molecule has 1 N–H and O–H groups in total. The highest BCUT2D eigenvalue weighted by molar-refractivity contribution is 8.13. The highest BCUT2D eigenvalue weighted by Gasteiger charge is 2.19. The molecule has 100 valence electrons. The van der Waals surface area contributed by atoms with Gasteiger partial charge in [0.05, 0.1) is 17.9 Å². The Morgan fingerprint density at radius 2 is 1.83 bits per heavy atom. The molecule has 0 saturated heterocycles. The van der Waals surface area contributed by atoms with Gasteiger partial charge in [0.2, 0.25) is 0 Å². The molecule has 0 bridgehead atoms. The number of carboxylic acid groups (broad SMARTS) is 1. The SMILES string of the molecule is O=C(O)CCOc1c(F)cc(S(=O)(=O)Cl)cc1F. The van der Waals surface area contributed by atoms with Crippen LogP contribution in [0.3, 0.4) is 0 Å². The van der Waals surface area contributed by atoms with E-state index in [0.717, 1.165) is 0 Å². The minimum Gasteiger partial charge on any atom is -0.487 e. The first-order valence-electron chi connectivity index (χ1n) is 4.50. The van der Waals surface area contributed by atoms with E-state index in [9.17, 15) is 22.0 Å². The molecule has 1 aromatic rings. The molecule has 0 aliphatic carbocycles. The fourth-order valence-electron chi connectivity index (χ4n) is 1.06. The minimum atomic E-state index is -4.26. The third-order valence-corrected chi connectivity index (χ3v) is 3.15. The van der Waals surface area contributed by atoms with Gasteiger partial charge >= 0.3 is 5.97 Å². The number of carbonyl (C=O) groups is 1. The Morgan fingerprint density at radius 1 is 1.33 bits per heavy atom. The molecule has 0 atom stereocenters. The fourth-order valence-corrected chi connectivity index (χ4v) is 1.81. The first kappa shape index (κ1) is 14.7. The van der Waals surface area contributed by atoms with Crippen LogP contribution in [0.1, 0.15) is 6.42 Å². The van der Waals surface area contributed by atoms with Gasteiger partial charge in [-0.3, -0.25) is 4.79 Å². The molecule has 0 radical (unpaired) electrons. The number of hydrogen-bond donors (Lipinski definition) is 1. The van der Waals surface area contributed by atoms with Crippen molar-refractivity contribution in [2.75, 3.05) is 6.61 Å². The van der Waals surface area contributed by atoms with Crippen LogP contribution in [0.2, 0.25) is 0 Å². The van der Waals surface area contributed by atoms with E-state index >= 15 is 0 Å². The van der Waals surface area contributed by atoms with Crippen molar-refractivity contribution in [2.45, 2.75) is 11.3 Å². The summed E-state index contributed by atoms with van der Waals surface area (Å²) < 4.78 is 53.0. The molecule has 1 aromatic carbocycles. The maximum absolute atomic E-state index is 13.3. The van der Waals surface area contributed by atoms with Crippen molar-refractivity contribution in [3.05, 3.63) is 23.8 Å². The lowest BCUT2D eigenvalue weighted by atomic mass is 10.3. The molecule has 5 nitrogen and oxygen atoms in total. The third-order valence-electron chi connectivity index (χ3n) is 1.82. The molecule has 0 aromatic heterocycles. The van der Waals surface area contributed by atoms with Crippen LogP contribution >= 0.6 is 10.7 Å². The van der Waals surface area contributed by atoms with Gasteiger partial charge in [-0.2, -0.15) is 0 Å². The normalized spacial score (nSPS) is 11.3. The molecule has 0 heterocycles. The molecular formula is C9H7ClF2O5S. The standard InChI is InChI=1S/C9H7ClF2O5S/c10-18(15,16)5-3-6(11)9(7(12)4-5)17-2-1-8(13)14/h3-4H,1-2H2,(H,13,14). The van der Waals surface area contributed by atoms with Gasteiger partial charge in [0.25, 0.3) is 9.05 Å². The third kappa shape index (κ3) is 3.81. The predicted molar refractivity (Wildman–Crippen MR) is 57.1 cm³/mol. The smallest absolute Gasteiger partial charge is 0.306 e. The molecule has 9 heteroatoms. The predicted octanol–water partition coefficient (Wildman–Crippen LogP) is 1.75.